The van der Waals surface area contributed by atoms with Gasteiger partial charge in [-0.15, -0.1) is 0 Å². The minimum atomic E-state index is -0.0314. The summed E-state index contributed by atoms with van der Waals surface area (Å²) in [5.74, 6) is 1.39. The molecule has 0 saturated heterocycles. The van der Waals surface area contributed by atoms with E-state index in [1.54, 1.807) is 0 Å². The van der Waals surface area contributed by atoms with Crippen LogP contribution in [0.5, 0.6) is 0 Å². The van der Waals surface area contributed by atoms with Crippen molar-refractivity contribution in [3.63, 3.8) is 0 Å². The molecule has 1 saturated carbocycles. The van der Waals surface area contributed by atoms with Gasteiger partial charge in [-0.1, -0.05) is 24.4 Å². The predicted octanol–water partition coefficient (Wildman–Crippen LogP) is 3.33. The number of hydrogen-bond acceptors (Lipinski definition) is 4. The zero-order valence-corrected chi connectivity index (χ0v) is 10.4. The summed E-state index contributed by atoms with van der Waals surface area (Å²) < 4.78 is 5.22. The topological polar surface area (TPSA) is 51.0 Å². The molecule has 1 heterocycles. The average molecular weight is 223 g/mol. The summed E-state index contributed by atoms with van der Waals surface area (Å²) in [4.78, 5) is 4.43. The van der Waals surface area contributed by atoms with E-state index in [0.29, 0.717) is 11.9 Å². The molecule has 1 fully saturated rings. The largest absolute Gasteiger partial charge is 0.333 e. The predicted molar refractivity (Wildman–Crippen MR) is 63.5 cm³/mol. The van der Waals surface area contributed by atoms with Crippen LogP contribution < -0.4 is 5.32 Å². The first-order valence-electron chi connectivity index (χ1n) is 6.16. The Balaban J connectivity index is 2.01. The van der Waals surface area contributed by atoms with Crippen LogP contribution in [0.2, 0.25) is 0 Å². The molecule has 1 aliphatic carbocycles. The van der Waals surface area contributed by atoms with E-state index in [2.05, 4.69) is 36.2 Å². The fourth-order valence-electron chi connectivity index (χ4n) is 2.13. The minimum absolute atomic E-state index is 0.0314. The molecule has 1 N–H and O–H groups in total. The van der Waals surface area contributed by atoms with E-state index in [1.165, 1.54) is 32.1 Å². The van der Waals surface area contributed by atoms with Crippen LogP contribution in [0, 0.1) is 0 Å². The first kappa shape index (κ1) is 11.4. The van der Waals surface area contributed by atoms with Crippen molar-refractivity contribution in [1.29, 1.82) is 0 Å². The summed E-state index contributed by atoms with van der Waals surface area (Å²) in [6, 6.07) is 0.549. The minimum Gasteiger partial charge on any atom is -0.333 e. The van der Waals surface area contributed by atoms with Crippen LogP contribution in [0.1, 0.15) is 64.6 Å². The van der Waals surface area contributed by atoms with E-state index >= 15 is 0 Å². The summed E-state index contributed by atoms with van der Waals surface area (Å²) in [5, 5.41) is 7.28. The summed E-state index contributed by atoms with van der Waals surface area (Å²) in [6.07, 6.45) is 6.34. The number of anilines is 1. The number of nitrogens with zero attached hydrogens (tertiary/aromatic N) is 2. The number of hydrogen-bond donors (Lipinski definition) is 1. The fraction of sp³-hybridized carbons (Fsp3) is 0.833. The van der Waals surface area contributed by atoms with Crippen LogP contribution in [-0.4, -0.2) is 15.7 Å². The van der Waals surface area contributed by atoms with Crippen molar-refractivity contribution in [3.05, 3.63) is 5.82 Å². The molecule has 90 valence electrons. The summed E-state index contributed by atoms with van der Waals surface area (Å²) in [6.45, 7) is 6.24. The van der Waals surface area contributed by atoms with Gasteiger partial charge in [-0.05, 0) is 33.6 Å². The summed E-state index contributed by atoms with van der Waals surface area (Å²) >= 11 is 0. The van der Waals surface area contributed by atoms with E-state index in [-0.39, 0.29) is 5.54 Å². The Morgan fingerprint density at radius 1 is 1.19 bits per heavy atom. The Morgan fingerprint density at radius 3 is 2.50 bits per heavy atom. The van der Waals surface area contributed by atoms with E-state index in [0.717, 1.165) is 5.82 Å². The highest BCUT2D eigenvalue weighted by Crippen LogP contribution is 2.31. The van der Waals surface area contributed by atoms with Gasteiger partial charge in [-0.25, -0.2) is 0 Å². The monoisotopic (exact) mass is 223 g/mol. The average Bonchev–Trinajstić information content (AvgIpc) is 2.65. The highest BCUT2D eigenvalue weighted by molar-refractivity contribution is 5.23. The maximum absolute atomic E-state index is 5.22. The molecule has 0 radical (unpaired) electrons. The van der Waals surface area contributed by atoms with Crippen molar-refractivity contribution >= 4 is 6.01 Å². The van der Waals surface area contributed by atoms with Crippen molar-refractivity contribution in [3.8, 4) is 0 Å². The normalized spacial score (nSPS) is 18.7. The van der Waals surface area contributed by atoms with E-state index in [1.807, 2.05) is 0 Å². The molecular formula is C12H21N3O. The Labute approximate surface area is 96.8 Å². The lowest BCUT2D eigenvalue weighted by Crippen LogP contribution is -2.26. The standard InChI is InChI=1S/C12H21N3O/c1-12(2,3)14-11-13-10(15-16-11)9-7-5-4-6-8-9/h9H,4-8H2,1-3H3,(H,13,14,15). The van der Waals surface area contributed by atoms with Crippen molar-refractivity contribution in [2.24, 2.45) is 0 Å². The Morgan fingerprint density at radius 2 is 1.88 bits per heavy atom. The van der Waals surface area contributed by atoms with Crippen molar-refractivity contribution in [2.45, 2.75) is 64.3 Å². The van der Waals surface area contributed by atoms with Gasteiger partial charge in [0.1, 0.15) is 0 Å². The smallest absolute Gasteiger partial charge is 0.321 e. The molecule has 2 rings (SSSR count). The Bertz CT molecular complexity index is 334. The molecule has 1 aromatic heterocycles. The van der Waals surface area contributed by atoms with E-state index in [4.69, 9.17) is 4.52 Å². The second-order valence-electron chi connectivity index (χ2n) is 5.67. The first-order valence-corrected chi connectivity index (χ1v) is 6.16. The molecule has 0 unspecified atom stereocenters. The Hall–Kier alpha value is -1.06. The van der Waals surface area contributed by atoms with E-state index in [9.17, 15) is 0 Å². The molecule has 0 aromatic carbocycles. The molecule has 16 heavy (non-hydrogen) atoms. The zero-order chi connectivity index (χ0) is 11.6. The number of nitrogens with one attached hydrogen (secondary N) is 1. The van der Waals surface area contributed by atoms with Crippen molar-refractivity contribution in [2.75, 3.05) is 5.32 Å². The third-order valence-corrected chi connectivity index (χ3v) is 2.89. The number of aromatic nitrogens is 2. The summed E-state index contributed by atoms with van der Waals surface area (Å²) in [7, 11) is 0. The lowest BCUT2D eigenvalue weighted by Gasteiger charge is -2.18. The molecule has 4 heteroatoms. The highest BCUT2D eigenvalue weighted by atomic mass is 16.5. The van der Waals surface area contributed by atoms with Crippen LogP contribution in [0.15, 0.2) is 4.52 Å². The molecule has 4 nitrogen and oxygen atoms in total. The van der Waals surface area contributed by atoms with Crippen LogP contribution >= 0.6 is 0 Å². The molecule has 1 aromatic rings. The van der Waals surface area contributed by atoms with Gasteiger partial charge < -0.3 is 9.84 Å². The molecular weight excluding hydrogens is 202 g/mol. The maximum atomic E-state index is 5.22. The quantitative estimate of drug-likeness (QED) is 0.835. The maximum Gasteiger partial charge on any atom is 0.321 e. The summed E-state index contributed by atoms with van der Waals surface area (Å²) in [5.41, 5.74) is -0.0314. The van der Waals surface area contributed by atoms with Crippen molar-refractivity contribution < 1.29 is 4.52 Å². The van der Waals surface area contributed by atoms with Crippen LogP contribution in [0.4, 0.5) is 6.01 Å². The molecule has 1 aliphatic rings. The molecule has 0 bridgehead atoms. The Kier molecular flexibility index (Phi) is 3.17. The SMILES string of the molecule is CC(C)(C)Nc1nc(C2CCCCC2)no1. The molecule has 0 spiro atoms. The van der Waals surface area contributed by atoms with Gasteiger partial charge in [0.2, 0.25) is 0 Å². The zero-order valence-electron chi connectivity index (χ0n) is 10.4. The molecule has 0 amide bonds. The second-order valence-corrected chi connectivity index (χ2v) is 5.67. The van der Waals surface area contributed by atoms with Gasteiger partial charge in [0, 0.05) is 11.5 Å². The fourth-order valence-corrected chi connectivity index (χ4v) is 2.13. The van der Waals surface area contributed by atoms with Gasteiger partial charge in [-0.2, -0.15) is 4.98 Å². The van der Waals surface area contributed by atoms with Gasteiger partial charge in [0.15, 0.2) is 5.82 Å². The van der Waals surface area contributed by atoms with E-state index < -0.39 is 0 Å². The van der Waals surface area contributed by atoms with Gasteiger partial charge in [0.25, 0.3) is 0 Å². The first-order chi connectivity index (χ1) is 7.54. The van der Waals surface area contributed by atoms with Gasteiger partial charge in [0.05, 0.1) is 0 Å². The van der Waals surface area contributed by atoms with Gasteiger partial charge >= 0.3 is 6.01 Å². The van der Waals surface area contributed by atoms with Crippen molar-refractivity contribution in [1.82, 2.24) is 10.1 Å². The second kappa shape index (κ2) is 4.44. The molecule has 0 atom stereocenters. The number of rotatable bonds is 2. The van der Waals surface area contributed by atoms with Crippen LogP contribution in [-0.2, 0) is 0 Å². The lowest BCUT2D eigenvalue weighted by molar-refractivity contribution is 0.381. The third-order valence-electron chi connectivity index (χ3n) is 2.89. The van der Waals surface area contributed by atoms with Crippen LogP contribution in [0.25, 0.3) is 0 Å². The lowest BCUT2D eigenvalue weighted by atomic mass is 9.89. The third kappa shape index (κ3) is 2.97. The van der Waals surface area contributed by atoms with Crippen LogP contribution in [0.3, 0.4) is 0 Å². The molecule has 0 aliphatic heterocycles. The highest BCUT2D eigenvalue weighted by Gasteiger charge is 2.22. The van der Waals surface area contributed by atoms with Gasteiger partial charge in [-0.3, -0.25) is 0 Å².